The average molecular weight is 436 g/mol. The number of likely N-dealkylation sites (tertiary alicyclic amines) is 1. The number of thioether (sulfide) groups is 1. The summed E-state index contributed by atoms with van der Waals surface area (Å²) in [7, 11) is 0. The third-order valence-corrected chi connectivity index (χ3v) is 7.08. The van der Waals surface area contributed by atoms with Crippen LogP contribution in [0.5, 0.6) is 0 Å². The quantitative estimate of drug-likeness (QED) is 0.399. The van der Waals surface area contributed by atoms with Gasteiger partial charge in [0.15, 0.2) is 10.9 Å². The number of nitrogens with zero attached hydrogens (tertiary/aromatic N) is 3. The Labute approximate surface area is 187 Å². The van der Waals surface area contributed by atoms with E-state index in [2.05, 4.69) is 13.8 Å². The number of Topliss-reactive ketones (excluding diaryl/α,β-unsaturated/α-hetero) is 1. The maximum absolute atomic E-state index is 13.3. The molecule has 1 aromatic heterocycles. The van der Waals surface area contributed by atoms with Crippen molar-refractivity contribution in [2.75, 3.05) is 5.75 Å². The zero-order valence-corrected chi connectivity index (χ0v) is 19.2. The third kappa shape index (κ3) is 4.69. The third-order valence-electron chi connectivity index (χ3n) is 6.10. The highest BCUT2D eigenvalue weighted by Crippen LogP contribution is 2.27. The maximum atomic E-state index is 13.3. The molecular weight excluding hydrogens is 406 g/mol. The van der Waals surface area contributed by atoms with Crippen molar-refractivity contribution in [1.29, 1.82) is 0 Å². The Kier molecular flexibility index (Phi) is 6.46. The predicted molar refractivity (Wildman–Crippen MR) is 126 cm³/mol. The lowest BCUT2D eigenvalue weighted by Crippen LogP contribution is -2.48. The van der Waals surface area contributed by atoms with Gasteiger partial charge in [-0.05, 0) is 52.2 Å². The highest BCUT2D eigenvalue weighted by molar-refractivity contribution is 7.99. The van der Waals surface area contributed by atoms with Gasteiger partial charge in [-0.1, -0.05) is 53.7 Å². The standard InChI is InChI=1S/C25H29N3O2S/c1-17-11-13-20(14-12-17)23(29)16-31-25-26-21-9-4-5-10-22(21)27(25)15-24(30)28-18(2)7-6-8-19(28)3/h4-5,9-14,18-19H,6-8,15-16H2,1-3H3/t18-,19+. The van der Waals surface area contributed by atoms with E-state index in [1.165, 1.54) is 18.2 Å². The van der Waals surface area contributed by atoms with Crippen LogP contribution in [0.2, 0.25) is 0 Å². The zero-order valence-electron chi connectivity index (χ0n) is 18.4. The molecule has 2 aromatic carbocycles. The highest BCUT2D eigenvalue weighted by atomic mass is 32.2. The Morgan fingerprint density at radius 2 is 1.71 bits per heavy atom. The van der Waals surface area contributed by atoms with Crippen LogP contribution in [0.15, 0.2) is 53.7 Å². The normalized spacial score (nSPS) is 19.0. The van der Waals surface area contributed by atoms with Crippen molar-refractivity contribution < 1.29 is 9.59 Å². The minimum Gasteiger partial charge on any atom is -0.336 e. The van der Waals surface area contributed by atoms with Gasteiger partial charge in [-0.25, -0.2) is 4.98 Å². The lowest BCUT2D eigenvalue weighted by atomic mass is 9.97. The summed E-state index contributed by atoms with van der Waals surface area (Å²) in [4.78, 5) is 32.7. The van der Waals surface area contributed by atoms with Crippen LogP contribution in [0.25, 0.3) is 11.0 Å². The van der Waals surface area contributed by atoms with Crippen LogP contribution in [0.4, 0.5) is 0 Å². The molecule has 0 radical (unpaired) electrons. The van der Waals surface area contributed by atoms with Crippen LogP contribution in [0, 0.1) is 6.92 Å². The van der Waals surface area contributed by atoms with Crippen LogP contribution < -0.4 is 0 Å². The maximum Gasteiger partial charge on any atom is 0.243 e. The van der Waals surface area contributed by atoms with Gasteiger partial charge in [-0.2, -0.15) is 0 Å². The molecule has 2 atom stereocenters. The number of hydrogen-bond donors (Lipinski definition) is 0. The molecule has 4 rings (SSSR count). The number of aryl methyl sites for hydroxylation is 1. The van der Waals surface area contributed by atoms with Crippen LogP contribution in [-0.2, 0) is 11.3 Å². The van der Waals surface area contributed by atoms with Crippen molar-refractivity contribution in [3.8, 4) is 0 Å². The Bertz CT molecular complexity index is 1080. The van der Waals surface area contributed by atoms with E-state index in [0.717, 1.165) is 29.4 Å². The highest BCUT2D eigenvalue weighted by Gasteiger charge is 2.29. The van der Waals surface area contributed by atoms with E-state index in [1.807, 2.05) is 64.9 Å². The largest absolute Gasteiger partial charge is 0.336 e. The average Bonchev–Trinajstić information content (AvgIpc) is 3.10. The number of imidazole rings is 1. The molecule has 0 bridgehead atoms. The molecule has 0 saturated carbocycles. The number of rotatable bonds is 6. The van der Waals surface area contributed by atoms with Crippen LogP contribution in [-0.4, -0.2) is 44.0 Å². The van der Waals surface area contributed by atoms with E-state index in [4.69, 9.17) is 4.98 Å². The molecular formula is C25H29N3O2S. The summed E-state index contributed by atoms with van der Waals surface area (Å²) < 4.78 is 1.97. The molecule has 0 spiro atoms. The molecule has 0 aliphatic carbocycles. The molecule has 6 heteroatoms. The molecule has 1 fully saturated rings. The summed E-state index contributed by atoms with van der Waals surface area (Å²) in [5, 5.41) is 0.715. The zero-order chi connectivity index (χ0) is 22.0. The van der Waals surface area contributed by atoms with Crippen molar-refractivity contribution in [2.45, 2.75) is 63.8 Å². The van der Waals surface area contributed by atoms with E-state index in [-0.39, 0.29) is 36.1 Å². The van der Waals surface area contributed by atoms with Crippen molar-refractivity contribution in [3.05, 3.63) is 59.7 Å². The van der Waals surface area contributed by atoms with Gasteiger partial charge in [0.2, 0.25) is 5.91 Å². The Balaban J connectivity index is 1.56. The second kappa shape index (κ2) is 9.27. The Morgan fingerprint density at radius 1 is 1.03 bits per heavy atom. The van der Waals surface area contributed by atoms with Gasteiger partial charge < -0.3 is 9.47 Å². The van der Waals surface area contributed by atoms with Crippen LogP contribution in [0.3, 0.4) is 0 Å². The van der Waals surface area contributed by atoms with Gasteiger partial charge in [0.1, 0.15) is 6.54 Å². The fourth-order valence-electron chi connectivity index (χ4n) is 4.40. The summed E-state index contributed by atoms with van der Waals surface area (Å²) in [6, 6.07) is 16.0. The van der Waals surface area contributed by atoms with Gasteiger partial charge in [0.25, 0.3) is 0 Å². The SMILES string of the molecule is Cc1ccc(C(=O)CSc2nc3ccccc3n2CC(=O)N2[C@H](C)CCC[C@@H]2C)cc1. The smallest absolute Gasteiger partial charge is 0.243 e. The molecule has 0 N–H and O–H groups in total. The van der Waals surface area contributed by atoms with Gasteiger partial charge >= 0.3 is 0 Å². The van der Waals surface area contributed by atoms with E-state index in [1.54, 1.807) is 0 Å². The lowest BCUT2D eigenvalue weighted by Gasteiger charge is -2.39. The number of benzene rings is 2. The van der Waals surface area contributed by atoms with Crippen LogP contribution >= 0.6 is 11.8 Å². The summed E-state index contributed by atoms with van der Waals surface area (Å²) in [5.41, 5.74) is 3.61. The van der Waals surface area contributed by atoms with Crippen molar-refractivity contribution in [3.63, 3.8) is 0 Å². The van der Waals surface area contributed by atoms with Crippen molar-refractivity contribution in [2.24, 2.45) is 0 Å². The number of hydrogen-bond acceptors (Lipinski definition) is 4. The second-order valence-corrected chi connectivity index (χ2v) is 9.42. The molecule has 1 saturated heterocycles. The Hall–Kier alpha value is -2.60. The first-order valence-electron chi connectivity index (χ1n) is 10.9. The number of carbonyl (C=O) groups is 2. The molecule has 31 heavy (non-hydrogen) atoms. The first kappa shape index (κ1) is 21.6. The molecule has 5 nitrogen and oxygen atoms in total. The fraction of sp³-hybridized carbons (Fsp3) is 0.400. The summed E-state index contributed by atoms with van der Waals surface area (Å²) in [6.45, 7) is 6.52. The monoisotopic (exact) mass is 435 g/mol. The number of fused-ring (bicyclic) bond motifs is 1. The van der Waals surface area contributed by atoms with Gasteiger partial charge in [-0.15, -0.1) is 0 Å². The number of piperidine rings is 1. The number of ketones is 1. The lowest BCUT2D eigenvalue weighted by molar-refractivity contribution is -0.138. The summed E-state index contributed by atoms with van der Waals surface area (Å²) in [6.07, 6.45) is 3.27. The van der Waals surface area contributed by atoms with Crippen molar-refractivity contribution >= 4 is 34.5 Å². The number of para-hydroxylation sites is 2. The van der Waals surface area contributed by atoms with E-state index in [0.29, 0.717) is 10.7 Å². The van der Waals surface area contributed by atoms with Gasteiger partial charge in [-0.3, -0.25) is 9.59 Å². The molecule has 2 heterocycles. The number of amides is 1. The minimum absolute atomic E-state index is 0.0632. The fourth-order valence-corrected chi connectivity index (χ4v) is 5.31. The minimum atomic E-state index is 0.0632. The van der Waals surface area contributed by atoms with Gasteiger partial charge in [0, 0.05) is 17.6 Å². The van der Waals surface area contributed by atoms with E-state index >= 15 is 0 Å². The number of carbonyl (C=O) groups excluding carboxylic acids is 2. The molecule has 1 aliphatic heterocycles. The van der Waals surface area contributed by atoms with E-state index in [9.17, 15) is 9.59 Å². The second-order valence-electron chi connectivity index (χ2n) is 8.48. The Morgan fingerprint density at radius 3 is 2.42 bits per heavy atom. The summed E-state index contributed by atoms with van der Waals surface area (Å²) >= 11 is 1.40. The van der Waals surface area contributed by atoms with Crippen LogP contribution in [0.1, 0.15) is 49.0 Å². The predicted octanol–water partition coefficient (Wildman–Crippen LogP) is 5.11. The topological polar surface area (TPSA) is 55.2 Å². The first-order valence-corrected chi connectivity index (χ1v) is 11.9. The van der Waals surface area contributed by atoms with Crippen molar-refractivity contribution in [1.82, 2.24) is 14.5 Å². The molecule has 0 unspecified atom stereocenters. The first-order chi connectivity index (χ1) is 14.9. The van der Waals surface area contributed by atoms with Gasteiger partial charge in [0.05, 0.1) is 16.8 Å². The number of aromatic nitrogens is 2. The molecule has 1 aliphatic rings. The molecule has 1 amide bonds. The molecule has 3 aromatic rings. The molecule has 162 valence electrons. The van der Waals surface area contributed by atoms with E-state index < -0.39 is 0 Å². The summed E-state index contributed by atoms with van der Waals surface area (Å²) in [5.74, 6) is 0.472.